The summed E-state index contributed by atoms with van der Waals surface area (Å²) >= 11 is 0. The maximum Gasteiger partial charge on any atom is 0.410 e. The summed E-state index contributed by atoms with van der Waals surface area (Å²) < 4.78 is 30.3. The summed E-state index contributed by atoms with van der Waals surface area (Å²) in [6.45, 7) is 17.5. The van der Waals surface area contributed by atoms with Crippen LogP contribution in [0.5, 0.6) is 5.88 Å². The van der Waals surface area contributed by atoms with Crippen molar-refractivity contribution in [1.82, 2.24) is 24.5 Å². The Morgan fingerprint density at radius 1 is 1.04 bits per heavy atom. The number of likely N-dealkylation sites (tertiary alicyclic amines) is 1. The van der Waals surface area contributed by atoms with Crippen LogP contribution in [0.1, 0.15) is 78.4 Å². The Hall–Kier alpha value is -3.72. The molecule has 0 aliphatic carbocycles. The molecule has 3 aromatic heterocycles. The summed E-state index contributed by atoms with van der Waals surface area (Å²) in [5, 5.41) is 17.8. The minimum atomic E-state index is -0.484. The van der Waals surface area contributed by atoms with Crippen LogP contribution in [0.15, 0.2) is 30.6 Å². The van der Waals surface area contributed by atoms with E-state index in [0.717, 1.165) is 60.6 Å². The van der Waals surface area contributed by atoms with Crippen LogP contribution in [0, 0.1) is 0 Å². The number of nitrogens with one attached hydrogen (secondary N) is 1. The molecule has 1 aliphatic rings. The molecule has 3 aromatic rings. The first-order chi connectivity index (χ1) is 24.6. The number of nitrogens with zero attached hydrogens (tertiary/aromatic N) is 6. The van der Waals surface area contributed by atoms with Crippen LogP contribution in [0.3, 0.4) is 0 Å². The third kappa shape index (κ3) is 12.5. The molecule has 2 N–H and O–H groups in total. The van der Waals surface area contributed by atoms with Crippen molar-refractivity contribution < 1.29 is 33.6 Å². The number of aliphatic hydroxyl groups excluding tert-OH is 1. The second-order valence-electron chi connectivity index (χ2n) is 13.6. The number of piperidine rings is 1. The molecule has 1 unspecified atom stereocenters. The maximum atomic E-state index is 12.2. The van der Waals surface area contributed by atoms with Gasteiger partial charge in [-0.25, -0.2) is 14.8 Å². The topological polar surface area (TPSA) is 145 Å². The van der Waals surface area contributed by atoms with E-state index < -0.39 is 5.60 Å². The Labute approximate surface area is 302 Å². The molecule has 0 bridgehead atoms. The van der Waals surface area contributed by atoms with Gasteiger partial charge < -0.3 is 43.9 Å². The SMILES string of the molecule is CCc1cnn2c(NCc3ccc(OCCOCCOCCOC4CCN(C(=O)OC(C)(C)C)CC4)nc3)cc(N(CC)C(CC)CCO)nc12. The van der Waals surface area contributed by atoms with Crippen molar-refractivity contribution in [3.63, 3.8) is 0 Å². The molecule has 284 valence electrons. The smallest absolute Gasteiger partial charge is 0.410 e. The van der Waals surface area contributed by atoms with E-state index in [9.17, 15) is 9.90 Å². The van der Waals surface area contributed by atoms with Gasteiger partial charge in [-0.3, -0.25) is 0 Å². The minimum absolute atomic E-state index is 0.130. The van der Waals surface area contributed by atoms with Gasteiger partial charge in [0.1, 0.15) is 23.8 Å². The first kappa shape index (κ1) is 40.1. The van der Waals surface area contributed by atoms with E-state index in [4.69, 9.17) is 28.7 Å². The number of rotatable bonds is 21. The highest BCUT2D eigenvalue weighted by atomic mass is 16.6. The number of anilines is 2. The fraction of sp³-hybridized carbons (Fsp3) is 0.676. The number of pyridine rings is 1. The van der Waals surface area contributed by atoms with Gasteiger partial charge in [0.05, 0.1) is 45.3 Å². The molecule has 0 aromatic carbocycles. The normalized spacial score (nSPS) is 14.5. The summed E-state index contributed by atoms with van der Waals surface area (Å²) in [6.07, 6.45) is 7.59. The zero-order valence-electron chi connectivity index (χ0n) is 31.4. The number of amides is 1. The Kier molecular flexibility index (Phi) is 16.0. The summed E-state index contributed by atoms with van der Waals surface area (Å²) in [5.74, 6) is 2.26. The average Bonchev–Trinajstić information content (AvgIpc) is 3.54. The molecule has 1 aliphatic heterocycles. The Morgan fingerprint density at radius 2 is 1.76 bits per heavy atom. The molecule has 4 rings (SSSR count). The lowest BCUT2D eigenvalue weighted by molar-refractivity contribution is -0.0364. The van der Waals surface area contributed by atoms with Gasteiger partial charge in [0.2, 0.25) is 5.88 Å². The second kappa shape index (κ2) is 20.4. The fourth-order valence-corrected chi connectivity index (χ4v) is 5.98. The van der Waals surface area contributed by atoms with Crippen molar-refractivity contribution in [2.24, 2.45) is 0 Å². The summed E-state index contributed by atoms with van der Waals surface area (Å²) in [5.41, 5.74) is 2.44. The van der Waals surface area contributed by atoms with Gasteiger partial charge in [-0.05, 0) is 65.4 Å². The number of carbonyl (C=O) groups excluding carboxylic acids is 1. The molecule has 0 radical (unpaired) electrons. The number of hydrogen-bond acceptors (Lipinski definition) is 12. The van der Waals surface area contributed by atoms with Crippen molar-refractivity contribution in [3.05, 3.63) is 41.7 Å². The van der Waals surface area contributed by atoms with Crippen LogP contribution in [-0.2, 0) is 31.9 Å². The third-order valence-corrected chi connectivity index (χ3v) is 8.72. The van der Waals surface area contributed by atoms with Gasteiger partial charge in [0.25, 0.3) is 0 Å². The molecular formula is C37H59N7O7. The first-order valence-electron chi connectivity index (χ1n) is 18.5. The molecule has 51 heavy (non-hydrogen) atoms. The number of hydrogen-bond donors (Lipinski definition) is 2. The molecule has 1 fully saturated rings. The Morgan fingerprint density at radius 3 is 2.39 bits per heavy atom. The second-order valence-corrected chi connectivity index (χ2v) is 13.6. The third-order valence-electron chi connectivity index (χ3n) is 8.72. The van der Waals surface area contributed by atoms with Crippen LogP contribution < -0.4 is 15.0 Å². The first-order valence-corrected chi connectivity index (χ1v) is 18.5. The fourth-order valence-electron chi connectivity index (χ4n) is 5.98. The molecule has 1 saturated heterocycles. The maximum absolute atomic E-state index is 12.2. The molecule has 14 heteroatoms. The quantitative estimate of drug-likeness (QED) is 0.142. The Balaban J connectivity index is 1.11. The summed E-state index contributed by atoms with van der Waals surface area (Å²) in [4.78, 5) is 25.7. The number of fused-ring (bicyclic) bond motifs is 1. The predicted molar refractivity (Wildman–Crippen MR) is 197 cm³/mol. The largest absolute Gasteiger partial charge is 0.475 e. The van der Waals surface area contributed by atoms with Gasteiger partial charge in [-0.1, -0.05) is 19.9 Å². The molecule has 14 nitrogen and oxygen atoms in total. The van der Waals surface area contributed by atoms with Crippen molar-refractivity contribution in [1.29, 1.82) is 0 Å². The monoisotopic (exact) mass is 713 g/mol. The average molecular weight is 714 g/mol. The highest BCUT2D eigenvalue weighted by Crippen LogP contribution is 2.26. The number of aromatic nitrogens is 4. The van der Waals surface area contributed by atoms with Crippen molar-refractivity contribution in [2.75, 3.05) is 76.1 Å². The van der Waals surface area contributed by atoms with E-state index in [0.29, 0.717) is 71.6 Å². The molecular weight excluding hydrogens is 654 g/mol. The lowest BCUT2D eigenvalue weighted by Crippen LogP contribution is -2.43. The molecule has 4 heterocycles. The molecule has 0 spiro atoms. The standard InChI is InChI=1S/C37H59N7O7/c1-7-29-27-40-44-32(24-33(41-35(29)44)43(9-3)30(8-2)14-17-45)38-25-28-10-11-34(39-26-28)50-23-21-48-19-18-47-20-22-49-31-12-15-42(16-13-31)36(46)51-37(4,5)6/h10-11,24,26-27,30-31,38,45H,7-9,12-23,25H2,1-6H3. The lowest BCUT2D eigenvalue weighted by atomic mass is 10.1. The summed E-state index contributed by atoms with van der Waals surface area (Å²) in [7, 11) is 0. The zero-order chi connectivity index (χ0) is 36.6. The van der Waals surface area contributed by atoms with Gasteiger partial charge in [0.15, 0.2) is 5.65 Å². The molecule has 1 atom stereocenters. The van der Waals surface area contributed by atoms with Gasteiger partial charge >= 0.3 is 6.09 Å². The number of carbonyl (C=O) groups is 1. The van der Waals surface area contributed by atoms with Crippen LogP contribution in [0.25, 0.3) is 5.65 Å². The van der Waals surface area contributed by atoms with Crippen molar-refractivity contribution >= 4 is 23.4 Å². The van der Waals surface area contributed by atoms with E-state index >= 15 is 0 Å². The summed E-state index contributed by atoms with van der Waals surface area (Å²) in [6, 6.07) is 6.08. The number of aliphatic hydroxyl groups is 1. The van der Waals surface area contributed by atoms with Crippen molar-refractivity contribution in [3.8, 4) is 5.88 Å². The van der Waals surface area contributed by atoms with E-state index in [2.05, 4.69) is 41.1 Å². The molecule has 1 amide bonds. The van der Waals surface area contributed by atoms with Gasteiger partial charge in [0, 0.05) is 62.7 Å². The van der Waals surface area contributed by atoms with E-state index in [1.807, 2.05) is 49.7 Å². The highest BCUT2D eigenvalue weighted by Gasteiger charge is 2.27. The Bertz CT molecular complexity index is 1460. The van der Waals surface area contributed by atoms with Crippen LogP contribution >= 0.6 is 0 Å². The van der Waals surface area contributed by atoms with Crippen LogP contribution in [-0.4, -0.2) is 119 Å². The van der Waals surface area contributed by atoms with Gasteiger partial charge in [-0.15, -0.1) is 0 Å². The van der Waals surface area contributed by atoms with Crippen LogP contribution in [0.4, 0.5) is 16.4 Å². The van der Waals surface area contributed by atoms with Gasteiger partial charge in [-0.2, -0.15) is 9.61 Å². The van der Waals surface area contributed by atoms with E-state index in [1.54, 1.807) is 11.1 Å². The van der Waals surface area contributed by atoms with Crippen molar-refractivity contribution in [2.45, 2.75) is 97.9 Å². The predicted octanol–water partition coefficient (Wildman–Crippen LogP) is 5.11. The molecule has 0 saturated carbocycles. The van der Waals surface area contributed by atoms with Crippen LogP contribution in [0.2, 0.25) is 0 Å². The van der Waals surface area contributed by atoms with E-state index in [-0.39, 0.29) is 24.8 Å². The lowest BCUT2D eigenvalue weighted by Gasteiger charge is -2.33. The van der Waals surface area contributed by atoms with E-state index in [1.165, 1.54) is 0 Å². The number of aryl methyl sites for hydroxylation is 1. The number of ether oxygens (including phenoxy) is 5. The zero-order valence-corrected chi connectivity index (χ0v) is 31.4. The minimum Gasteiger partial charge on any atom is -0.475 e. The highest BCUT2D eigenvalue weighted by molar-refractivity contribution is 5.68.